The summed E-state index contributed by atoms with van der Waals surface area (Å²) in [5.41, 5.74) is 14.5. The van der Waals surface area contributed by atoms with Crippen LogP contribution in [0.1, 0.15) is 80.4 Å². The zero-order valence-corrected chi connectivity index (χ0v) is 36.2. The molecule has 0 radical (unpaired) electrons. The third-order valence-corrected chi connectivity index (χ3v) is 18.8. The second kappa shape index (κ2) is 15.1. The highest BCUT2D eigenvalue weighted by molar-refractivity contribution is 7.03. The zero-order chi connectivity index (χ0) is 40.3. The van der Waals surface area contributed by atoms with Crippen LogP contribution < -0.4 is 20.2 Å². The third kappa shape index (κ3) is 6.27. The van der Waals surface area contributed by atoms with E-state index < -0.39 is 8.07 Å². The quantitative estimate of drug-likeness (QED) is 0.134. The summed E-state index contributed by atoms with van der Waals surface area (Å²) in [5.74, 6) is 2.16. The molecule has 3 heteroatoms. The molecule has 3 unspecified atom stereocenters. The van der Waals surface area contributed by atoms with Crippen LogP contribution in [0, 0.1) is 11.8 Å². The van der Waals surface area contributed by atoms with E-state index in [1.807, 2.05) is 0 Å². The molecule has 3 aliphatic carbocycles. The summed E-state index contributed by atoms with van der Waals surface area (Å²) in [4.78, 5) is 4.90. The van der Waals surface area contributed by atoms with E-state index in [1.165, 1.54) is 120 Å². The molecule has 3 fully saturated rings. The number of rotatable bonds is 9. The average molecular weight is 797 g/mol. The molecule has 4 aliphatic rings. The van der Waals surface area contributed by atoms with Gasteiger partial charge >= 0.3 is 0 Å². The maximum Gasteiger partial charge on any atom is 0.113 e. The predicted octanol–water partition coefficient (Wildman–Crippen LogP) is 14.6. The molecule has 7 aromatic carbocycles. The van der Waals surface area contributed by atoms with E-state index in [0.717, 1.165) is 5.92 Å². The molecule has 3 atom stereocenters. The fourth-order valence-corrected chi connectivity index (χ4v) is 15.3. The summed E-state index contributed by atoms with van der Waals surface area (Å²) in [7, 11) is -1.74. The molecule has 2 bridgehead atoms. The lowest BCUT2D eigenvalue weighted by atomic mass is 9.64. The Morgan fingerprint density at radius 1 is 0.450 bits per heavy atom. The molecular weight excluding hydrogens is 741 g/mol. The molecular formula is C57H56N2Si. The fraction of sp³-hybridized carbons (Fsp3) is 0.263. The van der Waals surface area contributed by atoms with Crippen LogP contribution in [0.5, 0.6) is 0 Å². The van der Waals surface area contributed by atoms with E-state index in [2.05, 4.69) is 199 Å². The van der Waals surface area contributed by atoms with E-state index in [1.54, 1.807) is 10.4 Å². The van der Waals surface area contributed by atoms with Crippen molar-refractivity contribution in [3.8, 4) is 11.1 Å². The van der Waals surface area contributed by atoms with Gasteiger partial charge in [-0.2, -0.15) is 0 Å². The molecule has 0 saturated heterocycles. The Morgan fingerprint density at radius 2 is 0.950 bits per heavy atom. The van der Waals surface area contributed by atoms with E-state index in [-0.39, 0.29) is 5.41 Å². The van der Waals surface area contributed by atoms with Crippen LogP contribution >= 0.6 is 0 Å². The van der Waals surface area contributed by atoms with Crippen molar-refractivity contribution in [2.45, 2.75) is 82.2 Å². The van der Waals surface area contributed by atoms with E-state index in [9.17, 15) is 0 Å². The van der Waals surface area contributed by atoms with Crippen molar-refractivity contribution in [3.05, 3.63) is 193 Å². The Balaban J connectivity index is 0.947. The third-order valence-electron chi connectivity index (χ3n) is 15.2. The smallest absolute Gasteiger partial charge is 0.113 e. The largest absolute Gasteiger partial charge is 0.311 e. The molecule has 0 spiro atoms. The molecule has 3 saturated carbocycles. The molecule has 1 aliphatic heterocycles. The van der Waals surface area contributed by atoms with Crippen LogP contribution in [0.15, 0.2) is 176 Å². The lowest BCUT2D eigenvalue weighted by Crippen LogP contribution is -2.49. The molecule has 7 aromatic rings. The first-order valence-corrected chi connectivity index (χ1v) is 25.7. The molecule has 60 heavy (non-hydrogen) atoms. The van der Waals surface area contributed by atoms with Gasteiger partial charge in [-0.3, -0.25) is 0 Å². The lowest BCUT2D eigenvalue weighted by Gasteiger charge is -2.40. The first-order chi connectivity index (χ1) is 29.5. The lowest BCUT2D eigenvalue weighted by molar-refractivity contribution is 0.320. The number of para-hydroxylation sites is 2. The minimum Gasteiger partial charge on any atom is -0.311 e. The molecule has 1 heterocycles. The van der Waals surface area contributed by atoms with E-state index in [4.69, 9.17) is 0 Å². The van der Waals surface area contributed by atoms with Crippen LogP contribution in [0.2, 0.25) is 13.1 Å². The minimum absolute atomic E-state index is 0.0181. The molecule has 11 rings (SSSR count). The Kier molecular flexibility index (Phi) is 9.42. The van der Waals surface area contributed by atoms with Gasteiger partial charge in [-0.25, -0.2) is 0 Å². The van der Waals surface area contributed by atoms with Crippen LogP contribution in [-0.4, -0.2) is 8.07 Å². The van der Waals surface area contributed by atoms with Gasteiger partial charge in [-0.15, -0.1) is 0 Å². The Labute approximate surface area is 358 Å². The van der Waals surface area contributed by atoms with Crippen LogP contribution in [0.4, 0.5) is 34.1 Å². The Bertz CT molecular complexity index is 2610. The van der Waals surface area contributed by atoms with Gasteiger partial charge < -0.3 is 9.80 Å². The normalized spacial score (nSPS) is 21.4. The van der Waals surface area contributed by atoms with Gasteiger partial charge in [-0.05, 0) is 161 Å². The van der Waals surface area contributed by atoms with Crippen molar-refractivity contribution in [2.75, 3.05) is 9.80 Å². The van der Waals surface area contributed by atoms with Gasteiger partial charge in [-0.1, -0.05) is 142 Å². The second-order valence-electron chi connectivity index (χ2n) is 18.8. The van der Waals surface area contributed by atoms with Gasteiger partial charge in [0.05, 0.1) is 0 Å². The van der Waals surface area contributed by atoms with E-state index in [0.29, 0.717) is 11.8 Å². The summed E-state index contributed by atoms with van der Waals surface area (Å²) in [6, 6.07) is 67.2. The van der Waals surface area contributed by atoms with Gasteiger partial charge in [0.2, 0.25) is 0 Å². The van der Waals surface area contributed by atoms with Crippen LogP contribution in [-0.2, 0) is 5.41 Å². The molecule has 298 valence electrons. The standard InChI is InChI=1S/C57H56N2Si/c1-60(2)55-21-13-12-20-53(55)54-39-52(36-37-56(54)60)59(48-18-10-5-11-19-48)51-34-28-45(29-35-51)57(40-41-22-25-46(57)38-41)44-26-32-50(33-27-44)58(47-16-8-4-9-17-47)49-30-23-43(24-31-49)42-14-6-3-7-15-42/h4-5,8-13,16-21,23-24,26-37,39,41-42,46H,3,6-7,14-15,22,25,38,40H2,1-2H3. The van der Waals surface area contributed by atoms with Crippen molar-refractivity contribution < 1.29 is 0 Å². The number of nitrogens with zero attached hydrogens (tertiary/aromatic N) is 2. The highest BCUT2D eigenvalue weighted by atomic mass is 28.3. The van der Waals surface area contributed by atoms with Crippen molar-refractivity contribution in [2.24, 2.45) is 11.8 Å². The molecule has 0 N–H and O–H groups in total. The minimum atomic E-state index is -1.74. The predicted molar refractivity (Wildman–Crippen MR) is 256 cm³/mol. The Hall–Kier alpha value is -5.64. The van der Waals surface area contributed by atoms with Gasteiger partial charge in [0.15, 0.2) is 0 Å². The van der Waals surface area contributed by atoms with E-state index >= 15 is 0 Å². The topological polar surface area (TPSA) is 6.48 Å². The Morgan fingerprint density at radius 3 is 1.52 bits per heavy atom. The first-order valence-electron chi connectivity index (χ1n) is 22.7. The highest BCUT2D eigenvalue weighted by Crippen LogP contribution is 2.60. The van der Waals surface area contributed by atoms with Gasteiger partial charge in [0, 0.05) is 39.5 Å². The summed E-state index contributed by atoms with van der Waals surface area (Å²) in [6.07, 6.45) is 12.0. The van der Waals surface area contributed by atoms with Crippen molar-refractivity contribution >= 4 is 52.6 Å². The van der Waals surface area contributed by atoms with Crippen LogP contribution in [0.25, 0.3) is 11.1 Å². The monoisotopic (exact) mass is 796 g/mol. The van der Waals surface area contributed by atoms with Crippen LogP contribution in [0.3, 0.4) is 0 Å². The number of fused-ring (bicyclic) bond motifs is 5. The fourth-order valence-electron chi connectivity index (χ4n) is 12.2. The maximum atomic E-state index is 2.50. The molecule has 0 amide bonds. The summed E-state index contributed by atoms with van der Waals surface area (Å²) in [6.45, 7) is 5.00. The SMILES string of the molecule is C[Si]1(C)c2ccccc2-c2cc(N(c3ccccc3)c3ccc(C4(c5ccc(N(c6ccccc6)c6ccc(C7CCCCC7)cc6)cc5)CC5CCC4C5)cc3)ccc21. The number of hydrogen-bond acceptors (Lipinski definition) is 2. The second-order valence-corrected chi connectivity index (χ2v) is 23.1. The van der Waals surface area contributed by atoms with Crippen molar-refractivity contribution in [3.63, 3.8) is 0 Å². The van der Waals surface area contributed by atoms with Gasteiger partial charge in [0.1, 0.15) is 8.07 Å². The summed E-state index contributed by atoms with van der Waals surface area (Å²) >= 11 is 0. The summed E-state index contributed by atoms with van der Waals surface area (Å²) < 4.78 is 0. The first kappa shape index (κ1) is 37.4. The number of anilines is 6. The highest BCUT2D eigenvalue weighted by Gasteiger charge is 2.52. The number of benzene rings is 7. The average Bonchev–Trinajstić information content (AvgIpc) is 4.00. The maximum absolute atomic E-state index is 2.50. The van der Waals surface area contributed by atoms with Crippen molar-refractivity contribution in [1.29, 1.82) is 0 Å². The number of hydrogen-bond donors (Lipinski definition) is 0. The zero-order valence-electron chi connectivity index (χ0n) is 35.2. The summed E-state index contributed by atoms with van der Waals surface area (Å²) in [5, 5.41) is 3.09. The molecule has 0 aromatic heterocycles. The van der Waals surface area contributed by atoms with Gasteiger partial charge in [0.25, 0.3) is 0 Å². The molecule has 2 nitrogen and oxygen atoms in total. The van der Waals surface area contributed by atoms with Crippen molar-refractivity contribution in [1.82, 2.24) is 0 Å².